The molecule has 128 valence electrons. The summed E-state index contributed by atoms with van der Waals surface area (Å²) in [6.07, 6.45) is 1.85. The van der Waals surface area contributed by atoms with Gasteiger partial charge in [-0.2, -0.15) is 0 Å². The minimum absolute atomic E-state index is 0.660. The molecule has 0 saturated heterocycles. The molecular formula is C19H19N3O2S. The number of hydrogen-bond acceptors (Lipinski definition) is 5. The van der Waals surface area contributed by atoms with Crippen molar-refractivity contribution < 1.29 is 9.47 Å². The number of aromatic nitrogens is 3. The standard InChI is InChI=1S/C19H19N3O2S/c1-4-12-25-19-21-20-18(14-8-6-5-7-9-14)22(19)15-10-11-16(23-2)17(13-15)24-3/h4-11,13H,1,12H2,2-3H3. The summed E-state index contributed by atoms with van der Waals surface area (Å²) >= 11 is 1.58. The first-order valence-corrected chi connectivity index (χ1v) is 8.74. The Bertz CT molecular complexity index is 862. The Labute approximate surface area is 151 Å². The van der Waals surface area contributed by atoms with Crippen LogP contribution < -0.4 is 9.47 Å². The third-order valence-electron chi connectivity index (χ3n) is 3.62. The topological polar surface area (TPSA) is 49.2 Å². The monoisotopic (exact) mass is 353 g/mol. The van der Waals surface area contributed by atoms with Crippen LogP contribution in [0.2, 0.25) is 0 Å². The minimum Gasteiger partial charge on any atom is -0.493 e. The fourth-order valence-corrected chi connectivity index (χ4v) is 3.15. The summed E-state index contributed by atoms with van der Waals surface area (Å²) in [4.78, 5) is 0. The Morgan fingerprint density at radius 1 is 1.04 bits per heavy atom. The number of thioether (sulfide) groups is 1. The van der Waals surface area contributed by atoms with Crippen LogP contribution in [-0.4, -0.2) is 34.7 Å². The Hall–Kier alpha value is -2.73. The van der Waals surface area contributed by atoms with Gasteiger partial charge in [-0.25, -0.2) is 0 Å². The van der Waals surface area contributed by atoms with Crippen molar-refractivity contribution in [3.05, 3.63) is 61.2 Å². The molecule has 3 rings (SSSR count). The van der Waals surface area contributed by atoms with Crippen LogP contribution >= 0.6 is 11.8 Å². The lowest BCUT2D eigenvalue weighted by molar-refractivity contribution is 0.355. The molecule has 0 saturated carbocycles. The zero-order valence-electron chi connectivity index (χ0n) is 14.2. The van der Waals surface area contributed by atoms with Gasteiger partial charge in [0.25, 0.3) is 0 Å². The van der Waals surface area contributed by atoms with Crippen molar-refractivity contribution in [1.29, 1.82) is 0 Å². The fraction of sp³-hybridized carbons (Fsp3) is 0.158. The molecule has 0 radical (unpaired) electrons. The molecular weight excluding hydrogens is 334 g/mol. The molecule has 0 atom stereocenters. The van der Waals surface area contributed by atoms with Crippen molar-refractivity contribution >= 4 is 11.8 Å². The minimum atomic E-state index is 0.660. The van der Waals surface area contributed by atoms with Crippen molar-refractivity contribution in [2.75, 3.05) is 20.0 Å². The van der Waals surface area contributed by atoms with E-state index < -0.39 is 0 Å². The van der Waals surface area contributed by atoms with Gasteiger partial charge in [0.05, 0.1) is 19.9 Å². The fourth-order valence-electron chi connectivity index (χ4n) is 2.47. The number of hydrogen-bond donors (Lipinski definition) is 0. The number of benzene rings is 2. The zero-order valence-corrected chi connectivity index (χ0v) is 15.0. The molecule has 0 aliphatic carbocycles. The molecule has 0 spiro atoms. The molecule has 25 heavy (non-hydrogen) atoms. The second kappa shape index (κ2) is 7.90. The van der Waals surface area contributed by atoms with E-state index in [9.17, 15) is 0 Å². The van der Waals surface area contributed by atoms with Gasteiger partial charge in [0.2, 0.25) is 0 Å². The third kappa shape index (κ3) is 3.53. The second-order valence-electron chi connectivity index (χ2n) is 5.15. The highest BCUT2D eigenvalue weighted by Gasteiger charge is 2.17. The summed E-state index contributed by atoms with van der Waals surface area (Å²) in [5.41, 5.74) is 1.91. The van der Waals surface area contributed by atoms with Gasteiger partial charge in [-0.05, 0) is 12.1 Å². The molecule has 0 N–H and O–H groups in total. The van der Waals surface area contributed by atoms with E-state index in [0.717, 1.165) is 28.0 Å². The van der Waals surface area contributed by atoms with Gasteiger partial charge in [0.1, 0.15) is 0 Å². The van der Waals surface area contributed by atoms with Gasteiger partial charge in [-0.15, -0.1) is 16.8 Å². The van der Waals surface area contributed by atoms with Gasteiger partial charge in [-0.1, -0.05) is 48.2 Å². The highest BCUT2D eigenvalue weighted by atomic mass is 32.2. The molecule has 0 fully saturated rings. The van der Waals surface area contributed by atoms with E-state index in [2.05, 4.69) is 16.8 Å². The average Bonchev–Trinajstić information content (AvgIpc) is 3.10. The molecule has 0 unspecified atom stereocenters. The van der Waals surface area contributed by atoms with Gasteiger partial charge in [0, 0.05) is 17.4 Å². The van der Waals surface area contributed by atoms with Gasteiger partial charge >= 0.3 is 0 Å². The SMILES string of the molecule is C=CCSc1nnc(-c2ccccc2)n1-c1ccc(OC)c(OC)c1. The molecule has 2 aromatic carbocycles. The number of methoxy groups -OCH3 is 2. The average molecular weight is 353 g/mol. The lowest BCUT2D eigenvalue weighted by atomic mass is 10.2. The van der Waals surface area contributed by atoms with Crippen LogP contribution in [-0.2, 0) is 0 Å². The largest absolute Gasteiger partial charge is 0.493 e. The Morgan fingerprint density at radius 3 is 2.48 bits per heavy atom. The molecule has 1 aromatic heterocycles. The normalized spacial score (nSPS) is 10.5. The van der Waals surface area contributed by atoms with Gasteiger partial charge in [-0.3, -0.25) is 4.57 Å². The lowest BCUT2D eigenvalue weighted by Gasteiger charge is -2.13. The Kier molecular flexibility index (Phi) is 5.40. The molecule has 5 nitrogen and oxygen atoms in total. The first-order chi connectivity index (χ1) is 12.3. The Balaban J connectivity index is 2.15. The maximum absolute atomic E-state index is 5.44. The Morgan fingerprint density at radius 2 is 1.80 bits per heavy atom. The van der Waals surface area contributed by atoms with E-state index in [-0.39, 0.29) is 0 Å². The summed E-state index contributed by atoms with van der Waals surface area (Å²) in [5.74, 6) is 2.87. The summed E-state index contributed by atoms with van der Waals surface area (Å²) in [6.45, 7) is 3.78. The van der Waals surface area contributed by atoms with E-state index in [1.54, 1.807) is 26.0 Å². The number of nitrogens with zero attached hydrogens (tertiary/aromatic N) is 3. The van der Waals surface area contributed by atoms with Crippen LogP contribution in [0, 0.1) is 0 Å². The smallest absolute Gasteiger partial charge is 0.196 e. The first kappa shape index (κ1) is 17.1. The number of rotatable bonds is 7. The molecule has 6 heteroatoms. The summed E-state index contributed by atoms with van der Waals surface area (Å²) in [5, 5.41) is 9.56. The van der Waals surface area contributed by atoms with Crippen LogP contribution in [0.1, 0.15) is 0 Å². The van der Waals surface area contributed by atoms with Crippen LogP contribution in [0.4, 0.5) is 0 Å². The predicted octanol–water partition coefficient (Wildman–Crippen LogP) is 4.23. The third-order valence-corrected chi connectivity index (χ3v) is 4.55. The van der Waals surface area contributed by atoms with E-state index >= 15 is 0 Å². The van der Waals surface area contributed by atoms with E-state index in [4.69, 9.17) is 9.47 Å². The molecule has 0 amide bonds. The molecule has 0 aliphatic rings. The summed E-state index contributed by atoms with van der Waals surface area (Å²) < 4.78 is 12.8. The number of ether oxygens (including phenoxy) is 2. The van der Waals surface area contributed by atoms with Crippen LogP contribution in [0.5, 0.6) is 11.5 Å². The summed E-state index contributed by atoms with van der Waals surface area (Å²) in [7, 11) is 3.25. The highest BCUT2D eigenvalue weighted by Crippen LogP contribution is 2.33. The second-order valence-corrected chi connectivity index (χ2v) is 6.13. The predicted molar refractivity (Wildman–Crippen MR) is 101 cm³/mol. The van der Waals surface area contributed by atoms with Crippen molar-refractivity contribution in [2.45, 2.75) is 5.16 Å². The molecule has 1 heterocycles. The van der Waals surface area contributed by atoms with Gasteiger partial charge < -0.3 is 9.47 Å². The van der Waals surface area contributed by atoms with Crippen molar-refractivity contribution in [3.63, 3.8) is 0 Å². The van der Waals surface area contributed by atoms with Crippen molar-refractivity contribution in [3.8, 4) is 28.6 Å². The van der Waals surface area contributed by atoms with E-state index in [1.165, 1.54) is 0 Å². The zero-order chi connectivity index (χ0) is 17.6. The molecule has 3 aromatic rings. The van der Waals surface area contributed by atoms with E-state index in [1.807, 2.05) is 59.2 Å². The maximum Gasteiger partial charge on any atom is 0.196 e. The van der Waals surface area contributed by atoms with Crippen LogP contribution in [0.3, 0.4) is 0 Å². The van der Waals surface area contributed by atoms with Crippen LogP contribution in [0.25, 0.3) is 17.1 Å². The summed E-state index contributed by atoms with van der Waals surface area (Å²) in [6, 6.07) is 15.8. The first-order valence-electron chi connectivity index (χ1n) is 7.75. The molecule has 0 bridgehead atoms. The highest BCUT2D eigenvalue weighted by molar-refractivity contribution is 7.99. The van der Waals surface area contributed by atoms with Crippen molar-refractivity contribution in [2.24, 2.45) is 0 Å². The molecule has 0 aliphatic heterocycles. The van der Waals surface area contributed by atoms with Crippen LogP contribution in [0.15, 0.2) is 66.3 Å². The van der Waals surface area contributed by atoms with Gasteiger partial charge in [0.15, 0.2) is 22.5 Å². The maximum atomic E-state index is 5.44. The van der Waals surface area contributed by atoms with Crippen molar-refractivity contribution in [1.82, 2.24) is 14.8 Å². The van der Waals surface area contributed by atoms with E-state index in [0.29, 0.717) is 11.5 Å². The quantitative estimate of drug-likeness (QED) is 0.470. The lowest BCUT2D eigenvalue weighted by Crippen LogP contribution is -2.01.